The van der Waals surface area contributed by atoms with Crippen molar-refractivity contribution >= 4 is 5.78 Å². The molecule has 1 rings (SSSR count). The summed E-state index contributed by atoms with van der Waals surface area (Å²) < 4.78 is 12.7. The Morgan fingerprint density at radius 1 is 1.54 bits per heavy atom. The lowest BCUT2D eigenvalue weighted by molar-refractivity contribution is 0.104. The van der Waals surface area contributed by atoms with Gasteiger partial charge in [0.05, 0.1) is 0 Å². The van der Waals surface area contributed by atoms with Crippen LogP contribution in [0.4, 0.5) is 4.39 Å². The molecule has 0 aliphatic rings. The minimum atomic E-state index is -0.379. The Hall–Kier alpha value is -1.44. The Balaban J connectivity index is 2.83. The summed E-state index contributed by atoms with van der Waals surface area (Å²) in [7, 11) is 0. The summed E-state index contributed by atoms with van der Waals surface area (Å²) in [6.07, 6.45) is 4.03. The van der Waals surface area contributed by atoms with Crippen molar-refractivity contribution in [2.75, 3.05) is 0 Å². The second-order valence-electron chi connectivity index (χ2n) is 2.69. The molecule has 1 nitrogen and oxygen atoms in total. The zero-order valence-electron chi connectivity index (χ0n) is 7.46. The van der Waals surface area contributed by atoms with Gasteiger partial charge in [0, 0.05) is 5.56 Å². The van der Waals surface area contributed by atoms with E-state index in [2.05, 4.69) is 0 Å². The molecule has 0 N–H and O–H groups in total. The molecule has 0 saturated carbocycles. The standard InChI is InChI=1S/C11H11FO/c1-2-3-7-11(13)9-5-4-6-10(12)8-9/h3-8H,2H2,1H3/b7-3+. The van der Waals surface area contributed by atoms with E-state index in [4.69, 9.17) is 0 Å². The van der Waals surface area contributed by atoms with Crippen LogP contribution >= 0.6 is 0 Å². The second kappa shape index (κ2) is 4.55. The molecule has 0 unspecified atom stereocenters. The van der Waals surface area contributed by atoms with Crippen LogP contribution in [0.5, 0.6) is 0 Å². The lowest BCUT2D eigenvalue weighted by atomic mass is 10.1. The van der Waals surface area contributed by atoms with Gasteiger partial charge in [-0.3, -0.25) is 4.79 Å². The fourth-order valence-corrected chi connectivity index (χ4v) is 0.963. The third-order valence-corrected chi connectivity index (χ3v) is 1.61. The van der Waals surface area contributed by atoms with Gasteiger partial charge in [-0.05, 0) is 24.6 Å². The van der Waals surface area contributed by atoms with Crippen LogP contribution in [-0.4, -0.2) is 5.78 Å². The lowest BCUT2D eigenvalue weighted by Crippen LogP contribution is -1.94. The zero-order valence-corrected chi connectivity index (χ0v) is 7.46. The predicted molar refractivity (Wildman–Crippen MR) is 50.2 cm³/mol. The first-order valence-corrected chi connectivity index (χ1v) is 4.20. The number of carbonyl (C=O) groups is 1. The van der Waals surface area contributed by atoms with Gasteiger partial charge >= 0.3 is 0 Å². The zero-order chi connectivity index (χ0) is 9.68. The van der Waals surface area contributed by atoms with Crippen molar-refractivity contribution in [2.24, 2.45) is 0 Å². The van der Waals surface area contributed by atoms with E-state index >= 15 is 0 Å². The number of allylic oxidation sites excluding steroid dienone is 2. The first-order valence-electron chi connectivity index (χ1n) is 4.20. The first kappa shape index (κ1) is 9.65. The van der Waals surface area contributed by atoms with Crippen molar-refractivity contribution in [1.29, 1.82) is 0 Å². The maximum absolute atomic E-state index is 12.7. The summed E-state index contributed by atoms with van der Waals surface area (Å²) in [5.41, 5.74) is 0.393. The van der Waals surface area contributed by atoms with Crippen LogP contribution in [0.1, 0.15) is 23.7 Å². The third kappa shape index (κ3) is 2.82. The van der Waals surface area contributed by atoms with Crippen LogP contribution in [0.25, 0.3) is 0 Å². The van der Waals surface area contributed by atoms with Gasteiger partial charge in [0.15, 0.2) is 5.78 Å². The summed E-state index contributed by atoms with van der Waals surface area (Å²) in [6, 6.07) is 5.69. The molecule has 13 heavy (non-hydrogen) atoms. The van der Waals surface area contributed by atoms with Gasteiger partial charge in [0.2, 0.25) is 0 Å². The molecule has 0 saturated heterocycles. The van der Waals surface area contributed by atoms with Crippen LogP contribution in [0.2, 0.25) is 0 Å². The average molecular weight is 178 g/mol. The molecule has 0 radical (unpaired) electrons. The second-order valence-corrected chi connectivity index (χ2v) is 2.69. The molecular formula is C11H11FO. The normalized spacial score (nSPS) is 10.6. The SMILES string of the molecule is CC/C=C/C(=O)c1cccc(F)c1. The number of rotatable bonds is 3. The van der Waals surface area contributed by atoms with E-state index < -0.39 is 0 Å². The van der Waals surface area contributed by atoms with Gasteiger partial charge in [-0.2, -0.15) is 0 Å². The monoisotopic (exact) mass is 178 g/mol. The molecule has 0 aliphatic carbocycles. The highest BCUT2D eigenvalue weighted by atomic mass is 19.1. The number of benzene rings is 1. The maximum atomic E-state index is 12.7. The highest BCUT2D eigenvalue weighted by Gasteiger charge is 2.01. The van der Waals surface area contributed by atoms with Crippen molar-refractivity contribution in [3.05, 3.63) is 47.8 Å². The fourth-order valence-electron chi connectivity index (χ4n) is 0.963. The minimum absolute atomic E-state index is 0.152. The van der Waals surface area contributed by atoms with Gasteiger partial charge < -0.3 is 0 Å². The summed E-state index contributed by atoms with van der Waals surface area (Å²) in [4.78, 5) is 11.3. The van der Waals surface area contributed by atoms with E-state index in [0.29, 0.717) is 5.56 Å². The van der Waals surface area contributed by atoms with Crippen molar-refractivity contribution < 1.29 is 9.18 Å². The van der Waals surface area contributed by atoms with Crippen LogP contribution < -0.4 is 0 Å². The summed E-state index contributed by atoms with van der Waals surface area (Å²) in [5.74, 6) is -0.530. The molecule has 0 atom stereocenters. The molecule has 1 aromatic rings. The molecule has 68 valence electrons. The van der Waals surface area contributed by atoms with Crippen LogP contribution in [0.15, 0.2) is 36.4 Å². The van der Waals surface area contributed by atoms with E-state index in [1.54, 1.807) is 12.1 Å². The van der Waals surface area contributed by atoms with Crippen LogP contribution in [-0.2, 0) is 0 Å². The summed E-state index contributed by atoms with van der Waals surface area (Å²) in [6.45, 7) is 1.94. The van der Waals surface area contributed by atoms with Gasteiger partial charge in [0.25, 0.3) is 0 Å². The predicted octanol–water partition coefficient (Wildman–Crippen LogP) is 2.97. The van der Waals surface area contributed by atoms with E-state index in [1.165, 1.54) is 24.3 Å². The smallest absolute Gasteiger partial charge is 0.185 e. The number of hydrogen-bond acceptors (Lipinski definition) is 1. The van der Waals surface area contributed by atoms with Crippen molar-refractivity contribution in [1.82, 2.24) is 0 Å². The molecule has 1 aromatic carbocycles. The van der Waals surface area contributed by atoms with Gasteiger partial charge in [-0.15, -0.1) is 0 Å². The number of carbonyl (C=O) groups excluding carboxylic acids is 1. The van der Waals surface area contributed by atoms with Crippen molar-refractivity contribution in [3.8, 4) is 0 Å². The highest BCUT2D eigenvalue weighted by molar-refractivity contribution is 6.04. The van der Waals surface area contributed by atoms with Crippen molar-refractivity contribution in [2.45, 2.75) is 13.3 Å². The Morgan fingerprint density at radius 2 is 2.31 bits per heavy atom. The van der Waals surface area contributed by atoms with Crippen LogP contribution in [0.3, 0.4) is 0 Å². The van der Waals surface area contributed by atoms with E-state index in [0.717, 1.165) is 6.42 Å². The molecule has 0 heterocycles. The number of ketones is 1. The fraction of sp³-hybridized carbons (Fsp3) is 0.182. The first-order chi connectivity index (χ1) is 6.24. The molecule has 0 fully saturated rings. The third-order valence-electron chi connectivity index (χ3n) is 1.61. The number of halogens is 1. The quantitative estimate of drug-likeness (QED) is 0.513. The molecule has 0 amide bonds. The van der Waals surface area contributed by atoms with E-state index in [9.17, 15) is 9.18 Å². The van der Waals surface area contributed by atoms with E-state index in [-0.39, 0.29) is 11.6 Å². The maximum Gasteiger partial charge on any atom is 0.185 e. The molecule has 2 heteroatoms. The molecular weight excluding hydrogens is 167 g/mol. The van der Waals surface area contributed by atoms with Gasteiger partial charge in [-0.1, -0.05) is 25.1 Å². The van der Waals surface area contributed by atoms with Gasteiger partial charge in [0.1, 0.15) is 5.82 Å². The lowest BCUT2D eigenvalue weighted by Gasteiger charge is -1.94. The van der Waals surface area contributed by atoms with E-state index in [1.807, 2.05) is 6.92 Å². The molecule has 0 bridgehead atoms. The Labute approximate surface area is 76.9 Å². The van der Waals surface area contributed by atoms with Gasteiger partial charge in [-0.25, -0.2) is 4.39 Å². The Morgan fingerprint density at radius 3 is 2.92 bits per heavy atom. The van der Waals surface area contributed by atoms with Crippen molar-refractivity contribution in [3.63, 3.8) is 0 Å². The summed E-state index contributed by atoms with van der Waals surface area (Å²) >= 11 is 0. The molecule has 0 aromatic heterocycles. The van der Waals surface area contributed by atoms with Crippen LogP contribution in [0, 0.1) is 5.82 Å². The average Bonchev–Trinajstić information content (AvgIpc) is 2.14. The summed E-state index contributed by atoms with van der Waals surface area (Å²) in [5, 5.41) is 0. The number of hydrogen-bond donors (Lipinski definition) is 0. The highest BCUT2D eigenvalue weighted by Crippen LogP contribution is 2.05. The molecule has 0 spiro atoms. The molecule has 0 aliphatic heterocycles. The largest absolute Gasteiger partial charge is 0.289 e. The Bertz CT molecular complexity index is 329. The minimum Gasteiger partial charge on any atom is -0.289 e. The Kier molecular flexibility index (Phi) is 3.38. The topological polar surface area (TPSA) is 17.1 Å².